The molecule has 0 bridgehead atoms. The van der Waals surface area contributed by atoms with Crippen LogP contribution in [0.1, 0.15) is 13.3 Å². The third kappa shape index (κ3) is 1.94. The van der Waals surface area contributed by atoms with Gasteiger partial charge in [-0.05, 0) is 37.0 Å². The second-order valence-electron chi connectivity index (χ2n) is 4.63. The van der Waals surface area contributed by atoms with Crippen LogP contribution in [0.15, 0.2) is 16.2 Å². The van der Waals surface area contributed by atoms with Gasteiger partial charge in [-0.15, -0.1) is 11.3 Å². The standard InChI is InChI=1S/C12H14N2O2S2/c1-7-8(2-4-16-7)6-14-11(15)9-3-5-18-10(9)13-12(14)17/h3,5,7-8H,2,4,6H2,1H3,(H,13,17). The van der Waals surface area contributed by atoms with Crippen molar-refractivity contribution in [1.82, 2.24) is 9.55 Å². The monoisotopic (exact) mass is 282 g/mol. The van der Waals surface area contributed by atoms with E-state index in [2.05, 4.69) is 11.9 Å². The molecule has 0 saturated carbocycles. The Morgan fingerprint density at radius 3 is 3.22 bits per heavy atom. The van der Waals surface area contributed by atoms with E-state index in [1.54, 1.807) is 4.57 Å². The van der Waals surface area contributed by atoms with Gasteiger partial charge in [0.25, 0.3) is 5.56 Å². The molecule has 3 rings (SSSR count). The van der Waals surface area contributed by atoms with Crippen LogP contribution in [0.2, 0.25) is 0 Å². The number of fused-ring (bicyclic) bond motifs is 1. The summed E-state index contributed by atoms with van der Waals surface area (Å²) in [6, 6.07) is 1.85. The highest BCUT2D eigenvalue weighted by molar-refractivity contribution is 7.71. The molecule has 96 valence electrons. The van der Waals surface area contributed by atoms with Crippen LogP contribution in [0.3, 0.4) is 0 Å². The van der Waals surface area contributed by atoms with Gasteiger partial charge in [0.15, 0.2) is 4.77 Å². The van der Waals surface area contributed by atoms with Gasteiger partial charge in [-0.2, -0.15) is 0 Å². The number of ether oxygens (including phenoxy) is 1. The van der Waals surface area contributed by atoms with Gasteiger partial charge in [0.1, 0.15) is 4.83 Å². The van der Waals surface area contributed by atoms with Crippen LogP contribution in [-0.4, -0.2) is 22.3 Å². The Morgan fingerprint density at radius 1 is 1.67 bits per heavy atom. The first-order valence-corrected chi connectivity index (χ1v) is 7.27. The third-order valence-corrected chi connectivity index (χ3v) is 4.71. The molecule has 0 spiro atoms. The number of nitrogens with one attached hydrogen (secondary N) is 1. The lowest BCUT2D eigenvalue weighted by atomic mass is 10.0. The van der Waals surface area contributed by atoms with Crippen LogP contribution >= 0.6 is 23.6 Å². The number of H-pyrrole nitrogens is 1. The van der Waals surface area contributed by atoms with Crippen molar-refractivity contribution in [2.75, 3.05) is 6.61 Å². The number of thiophene rings is 1. The number of hydrogen-bond acceptors (Lipinski definition) is 4. The molecule has 2 unspecified atom stereocenters. The highest BCUT2D eigenvalue weighted by Gasteiger charge is 2.25. The molecule has 1 aliphatic rings. The summed E-state index contributed by atoms with van der Waals surface area (Å²) in [4.78, 5) is 16.3. The summed E-state index contributed by atoms with van der Waals surface area (Å²) >= 11 is 6.79. The number of nitrogens with zero attached hydrogens (tertiary/aromatic N) is 1. The molecule has 0 radical (unpaired) electrons. The maximum Gasteiger partial charge on any atom is 0.263 e. The van der Waals surface area contributed by atoms with Gasteiger partial charge in [0.05, 0.1) is 11.5 Å². The molecular formula is C12H14N2O2S2. The van der Waals surface area contributed by atoms with Gasteiger partial charge in [-0.3, -0.25) is 9.36 Å². The Balaban J connectivity index is 2.06. The summed E-state index contributed by atoms with van der Waals surface area (Å²) < 4.78 is 7.71. The fourth-order valence-electron chi connectivity index (χ4n) is 2.39. The normalized spacial score (nSPS) is 23.8. The lowest BCUT2D eigenvalue weighted by molar-refractivity contribution is 0.101. The average Bonchev–Trinajstić information content (AvgIpc) is 2.94. The summed E-state index contributed by atoms with van der Waals surface area (Å²) in [6.45, 7) is 3.47. The minimum absolute atomic E-state index is 0.00843. The Morgan fingerprint density at radius 2 is 2.50 bits per heavy atom. The van der Waals surface area contributed by atoms with Crippen LogP contribution < -0.4 is 5.56 Å². The molecule has 0 aromatic carbocycles. The molecule has 1 aliphatic heterocycles. The third-order valence-electron chi connectivity index (χ3n) is 3.56. The minimum Gasteiger partial charge on any atom is -0.378 e. The fourth-order valence-corrected chi connectivity index (χ4v) is 3.50. The Labute approximate surface area is 113 Å². The van der Waals surface area contributed by atoms with Crippen LogP contribution in [0.4, 0.5) is 0 Å². The number of rotatable bonds is 2. The lowest BCUT2D eigenvalue weighted by Crippen LogP contribution is -2.27. The van der Waals surface area contributed by atoms with Gasteiger partial charge < -0.3 is 9.72 Å². The molecular weight excluding hydrogens is 268 g/mol. The zero-order valence-corrected chi connectivity index (χ0v) is 11.6. The Kier molecular flexibility index (Phi) is 3.09. The maximum absolute atomic E-state index is 12.3. The molecule has 0 aliphatic carbocycles. The first-order valence-electron chi connectivity index (χ1n) is 5.99. The quantitative estimate of drug-likeness (QED) is 0.861. The van der Waals surface area contributed by atoms with Gasteiger partial charge in [-0.25, -0.2) is 0 Å². The lowest BCUT2D eigenvalue weighted by Gasteiger charge is -2.15. The summed E-state index contributed by atoms with van der Waals surface area (Å²) in [5.41, 5.74) is 0.00843. The number of hydrogen-bond donors (Lipinski definition) is 1. The van der Waals surface area contributed by atoms with E-state index in [9.17, 15) is 4.79 Å². The van der Waals surface area contributed by atoms with Crippen LogP contribution in [-0.2, 0) is 11.3 Å². The molecule has 1 N–H and O–H groups in total. The van der Waals surface area contributed by atoms with Gasteiger partial charge in [-0.1, -0.05) is 0 Å². The number of aromatic amines is 1. The second kappa shape index (κ2) is 4.60. The summed E-state index contributed by atoms with van der Waals surface area (Å²) in [5, 5.41) is 2.63. The van der Waals surface area contributed by atoms with Crippen LogP contribution in [0.25, 0.3) is 10.2 Å². The first-order chi connectivity index (χ1) is 8.66. The highest BCUT2D eigenvalue weighted by atomic mass is 32.1. The van der Waals surface area contributed by atoms with E-state index >= 15 is 0 Å². The van der Waals surface area contributed by atoms with Crippen LogP contribution in [0.5, 0.6) is 0 Å². The van der Waals surface area contributed by atoms with E-state index in [1.165, 1.54) is 11.3 Å². The molecule has 1 saturated heterocycles. The molecule has 2 atom stereocenters. The first kappa shape index (κ1) is 12.1. The summed E-state index contributed by atoms with van der Waals surface area (Å²) in [5.74, 6) is 0.369. The molecule has 1 fully saturated rings. The van der Waals surface area contributed by atoms with Gasteiger partial charge in [0, 0.05) is 19.1 Å². The van der Waals surface area contributed by atoms with Crippen molar-refractivity contribution in [2.45, 2.75) is 26.0 Å². The largest absolute Gasteiger partial charge is 0.378 e. The van der Waals surface area contributed by atoms with Crippen molar-refractivity contribution < 1.29 is 4.74 Å². The van der Waals surface area contributed by atoms with E-state index in [1.807, 2.05) is 11.4 Å². The van der Waals surface area contributed by atoms with Crippen molar-refractivity contribution in [2.24, 2.45) is 5.92 Å². The smallest absolute Gasteiger partial charge is 0.263 e. The average molecular weight is 282 g/mol. The van der Waals surface area contributed by atoms with E-state index in [0.29, 0.717) is 17.2 Å². The van der Waals surface area contributed by atoms with Crippen molar-refractivity contribution in [1.29, 1.82) is 0 Å². The summed E-state index contributed by atoms with van der Waals surface area (Å²) in [6.07, 6.45) is 1.19. The van der Waals surface area contributed by atoms with Gasteiger partial charge >= 0.3 is 0 Å². The van der Waals surface area contributed by atoms with E-state index in [4.69, 9.17) is 17.0 Å². The molecule has 2 aromatic rings. The van der Waals surface area contributed by atoms with Gasteiger partial charge in [0.2, 0.25) is 0 Å². The van der Waals surface area contributed by atoms with Crippen molar-refractivity contribution in [3.05, 3.63) is 26.6 Å². The highest BCUT2D eigenvalue weighted by Crippen LogP contribution is 2.22. The molecule has 6 heteroatoms. The summed E-state index contributed by atoms with van der Waals surface area (Å²) in [7, 11) is 0. The Hall–Kier alpha value is -0.980. The fraction of sp³-hybridized carbons (Fsp3) is 0.500. The predicted molar refractivity (Wildman–Crippen MR) is 74.8 cm³/mol. The number of aromatic nitrogens is 2. The predicted octanol–water partition coefficient (Wildman–Crippen LogP) is 2.55. The SMILES string of the molecule is CC1OCCC1Cn1c(=S)[nH]c2sccc2c1=O. The van der Waals surface area contributed by atoms with E-state index < -0.39 is 0 Å². The minimum atomic E-state index is 0.00843. The van der Waals surface area contributed by atoms with E-state index in [0.717, 1.165) is 23.2 Å². The zero-order valence-electron chi connectivity index (χ0n) is 10.0. The molecule has 4 nitrogen and oxygen atoms in total. The zero-order chi connectivity index (χ0) is 12.7. The Bertz CT molecular complexity index is 685. The topological polar surface area (TPSA) is 47.0 Å². The van der Waals surface area contributed by atoms with E-state index in [-0.39, 0.29) is 11.7 Å². The second-order valence-corrected chi connectivity index (χ2v) is 5.94. The van der Waals surface area contributed by atoms with Crippen molar-refractivity contribution in [3.8, 4) is 0 Å². The molecule has 2 aromatic heterocycles. The maximum atomic E-state index is 12.3. The van der Waals surface area contributed by atoms with Crippen LogP contribution in [0, 0.1) is 10.7 Å². The molecule has 3 heterocycles. The van der Waals surface area contributed by atoms with Crippen molar-refractivity contribution >= 4 is 33.8 Å². The molecule has 0 amide bonds. The molecule has 18 heavy (non-hydrogen) atoms. The van der Waals surface area contributed by atoms with Crippen molar-refractivity contribution in [3.63, 3.8) is 0 Å².